The number of nitrogens with one attached hydrogen (secondary N) is 1. The largest absolute Gasteiger partial charge is 0.452 e. The summed E-state index contributed by atoms with van der Waals surface area (Å²) in [5, 5.41) is 2.76. The first-order valence-electron chi connectivity index (χ1n) is 10.5. The van der Waals surface area contributed by atoms with E-state index in [4.69, 9.17) is 4.74 Å². The van der Waals surface area contributed by atoms with Crippen LogP contribution in [0.25, 0.3) is 0 Å². The summed E-state index contributed by atoms with van der Waals surface area (Å²) in [4.78, 5) is 51.2. The van der Waals surface area contributed by atoms with Crippen LogP contribution in [0.2, 0.25) is 0 Å². The SMILES string of the molecule is C[C@H](NC(=O)COC(=O)c1ccc2c(c1)C(=O)N(Cc1ccccc1)C2=O)c1ccccc1. The molecule has 0 aliphatic carbocycles. The number of esters is 1. The molecule has 4 rings (SSSR count). The number of hydrogen-bond donors (Lipinski definition) is 1. The highest BCUT2D eigenvalue weighted by molar-refractivity contribution is 6.21. The van der Waals surface area contributed by atoms with Crippen LogP contribution in [0.5, 0.6) is 0 Å². The number of amides is 3. The summed E-state index contributed by atoms with van der Waals surface area (Å²) in [5.41, 5.74) is 2.23. The maximum absolute atomic E-state index is 12.8. The lowest BCUT2D eigenvalue weighted by Crippen LogP contribution is -2.31. The van der Waals surface area contributed by atoms with Gasteiger partial charge in [-0.1, -0.05) is 60.7 Å². The van der Waals surface area contributed by atoms with Crippen LogP contribution in [-0.2, 0) is 16.1 Å². The van der Waals surface area contributed by atoms with Gasteiger partial charge in [0.25, 0.3) is 17.7 Å². The third-order valence-electron chi connectivity index (χ3n) is 5.40. The van der Waals surface area contributed by atoms with E-state index < -0.39 is 30.3 Å². The van der Waals surface area contributed by atoms with Crippen LogP contribution < -0.4 is 5.32 Å². The quantitative estimate of drug-likeness (QED) is 0.447. The summed E-state index contributed by atoms with van der Waals surface area (Å²) < 4.78 is 5.11. The van der Waals surface area contributed by atoms with Gasteiger partial charge in [-0.15, -0.1) is 0 Å². The normalized spacial score (nSPS) is 13.4. The molecular formula is C26H22N2O5. The number of ether oxygens (including phenoxy) is 1. The van der Waals surface area contributed by atoms with E-state index in [9.17, 15) is 19.2 Å². The number of imide groups is 1. The highest BCUT2D eigenvalue weighted by atomic mass is 16.5. The van der Waals surface area contributed by atoms with Crippen molar-refractivity contribution in [3.63, 3.8) is 0 Å². The minimum absolute atomic E-state index is 0.0976. The van der Waals surface area contributed by atoms with Crippen LogP contribution >= 0.6 is 0 Å². The minimum Gasteiger partial charge on any atom is -0.452 e. The molecular weight excluding hydrogens is 420 g/mol. The van der Waals surface area contributed by atoms with Crippen LogP contribution in [0, 0.1) is 0 Å². The summed E-state index contributed by atoms with van der Waals surface area (Å²) in [5.74, 6) is -2.07. The van der Waals surface area contributed by atoms with Gasteiger partial charge in [0.15, 0.2) is 6.61 Å². The highest BCUT2D eigenvalue weighted by Gasteiger charge is 2.36. The molecule has 7 nitrogen and oxygen atoms in total. The van der Waals surface area contributed by atoms with Crippen molar-refractivity contribution in [3.8, 4) is 0 Å². The molecule has 0 aromatic heterocycles. The Balaban J connectivity index is 1.38. The van der Waals surface area contributed by atoms with Gasteiger partial charge in [0.05, 0.1) is 29.3 Å². The lowest BCUT2D eigenvalue weighted by Gasteiger charge is -2.14. The smallest absolute Gasteiger partial charge is 0.338 e. The molecule has 0 fully saturated rings. The average molecular weight is 442 g/mol. The fourth-order valence-electron chi connectivity index (χ4n) is 3.65. The average Bonchev–Trinajstić information content (AvgIpc) is 3.08. The van der Waals surface area contributed by atoms with Crippen LogP contribution in [0.1, 0.15) is 55.2 Å². The maximum Gasteiger partial charge on any atom is 0.338 e. The highest BCUT2D eigenvalue weighted by Crippen LogP contribution is 2.26. The predicted octanol–water partition coefficient (Wildman–Crippen LogP) is 3.52. The molecule has 1 atom stereocenters. The second kappa shape index (κ2) is 9.48. The van der Waals surface area contributed by atoms with Gasteiger partial charge >= 0.3 is 5.97 Å². The fourth-order valence-corrected chi connectivity index (χ4v) is 3.65. The molecule has 0 unspecified atom stereocenters. The van der Waals surface area contributed by atoms with E-state index in [1.807, 2.05) is 67.6 Å². The van der Waals surface area contributed by atoms with E-state index in [-0.39, 0.29) is 29.3 Å². The molecule has 0 radical (unpaired) electrons. The monoisotopic (exact) mass is 442 g/mol. The molecule has 1 heterocycles. The summed E-state index contributed by atoms with van der Waals surface area (Å²) >= 11 is 0. The number of fused-ring (bicyclic) bond motifs is 1. The van der Waals surface area contributed by atoms with Crippen LogP contribution in [0.3, 0.4) is 0 Å². The van der Waals surface area contributed by atoms with Crippen molar-refractivity contribution in [1.82, 2.24) is 10.2 Å². The van der Waals surface area contributed by atoms with Crippen molar-refractivity contribution in [3.05, 3.63) is 107 Å². The van der Waals surface area contributed by atoms with Crippen molar-refractivity contribution >= 4 is 23.7 Å². The standard InChI is InChI=1S/C26H22N2O5/c1-17(19-10-6-3-7-11-19)27-23(29)16-33-26(32)20-12-13-21-22(14-20)25(31)28(24(21)30)15-18-8-4-2-5-9-18/h2-14,17H,15-16H2,1H3,(H,27,29)/t17-/m0/s1. The van der Waals surface area contributed by atoms with E-state index in [2.05, 4.69) is 5.32 Å². The number of nitrogens with zero attached hydrogens (tertiary/aromatic N) is 1. The molecule has 1 aliphatic rings. The summed E-state index contributed by atoms with van der Waals surface area (Å²) in [6.07, 6.45) is 0. The summed E-state index contributed by atoms with van der Waals surface area (Å²) in [6.45, 7) is 1.52. The number of benzene rings is 3. The first-order chi connectivity index (χ1) is 15.9. The fraction of sp³-hybridized carbons (Fsp3) is 0.154. The molecule has 0 saturated heterocycles. The Labute approximate surface area is 191 Å². The van der Waals surface area contributed by atoms with Gasteiger partial charge in [0.1, 0.15) is 0 Å². The second-order valence-corrected chi connectivity index (χ2v) is 7.72. The van der Waals surface area contributed by atoms with Crippen molar-refractivity contribution in [2.45, 2.75) is 19.5 Å². The molecule has 0 saturated carbocycles. The Morgan fingerprint density at radius 2 is 1.52 bits per heavy atom. The number of carbonyl (C=O) groups is 4. The van der Waals surface area contributed by atoms with Gasteiger partial charge < -0.3 is 10.1 Å². The third kappa shape index (κ3) is 4.82. The molecule has 3 amide bonds. The van der Waals surface area contributed by atoms with Crippen LogP contribution in [0.4, 0.5) is 0 Å². The zero-order valence-electron chi connectivity index (χ0n) is 18.0. The molecule has 0 bridgehead atoms. The summed E-state index contributed by atoms with van der Waals surface area (Å²) in [6, 6.07) is 22.5. The topological polar surface area (TPSA) is 92.8 Å². The lowest BCUT2D eigenvalue weighted by molar-refractivity contribution is -0.124. The molecule has 3 aromatic carbocycles. The molecule has 7 heteroatoms. The van der Waals surface area contributed by atoms with Crippen molar-refractivity contribution in [2.75, 3.05) is 6.61 Å². The van der Waals surface area contributed by atoms with Crippen molar-refractivity contribution in [1.29, 1.82) is 0 Å². The molecule has 1 N–H and O–H groups in total. The zero-order valence-corrected chi connectivity index (χ0v) is 18.0. The maximum atomic E-state index is 12.8. The lowest BCUT2D eigenvalue weighted by atomic mass is 10.1. The van der Waals surface area contributed by atoms with Gasteiger partial charge in [-0.2, -0.15) is 0 Å². The van der Waals surface area contributed by atoms with E-state index in [1.165, 1.54) is 18.2 Å². The van der Waals surface area contributed by atoms with E-state index >= 15 is 0 Å². The number of carbonyl (C=O) groups excluding carboxylic acids is 4. The van der Waals surface area contributed by atoms with E-state index in [1.54, 1.807) is 0 Å². The van der Waals surface area contributed by atoms with Gasteiger partial charge in [-0.3, -0.25) is 19.3 Å². The molecule has 3 aromatic rings. The third-order valence-corrected chi connectivity index (χ3v) is 5.40. The second-order valence-electron chi connectivity index (χ2n) is 7.72. The first kappa shape index (κ1) is 22.0. The first-order valence-corrected chi connectivity index (χ1v) is 10.5. The molecule has 166 valence electrons. The van der Waals surface area contributed by atoms with Crippen LogP contribution in [-0.4, -0.2) is 35.2 Å². The van der Waals surface area contributed by atoms with Crippen LogP contribution in [0.15, 0.2) is 78.9 Å². The van der Waals surface area contributed by atoms with E-state index in [0.717, 1.165) is 16.0 Å². The number of rotatable bonds is 7. The van der Waals surface area contributed by atoms with Gasteiger partial charge in [0, 0.05) is 0 Å². The Bertz CT molecular complexity index is 1210. The zero-order chi connectivity index (χ0) is 23.4. The summed E-state index contributed by atoms with van der Waals surface area (Å²) in [7, 11) is 0. The predicted molar refractivity (Wildman–Crippen MR) is 120 cm³/mol. The molecule has 33 heavy (non-hydrogen) atoms. The van der Waals surface area contributed by atoms with Gasteiger partial charge in [-0.05, 0) is 36.2 Å². The Morgan fingerprint density at radius 1 is 0.879 bits per heavy atom. The van der Waals surface area contributed by atoms with Gasteiger partial charge in [0.2, 0.25) is 0 Å². The van der Waals surface area contributed by atoms with Gasteiger partial charge in [-0.25, -0.2) is 4.79 Å². The van der Waals surface area contributed by atoms with E-state index in [0.29, 0.717) is 0 Å². The Morgan fingerprint density at radius 3 is 2.21 bits per heavy atom. The Kier molecular flexibility index (Phi) is 6.31. The van der Waals surface area contributed by atoms with Crippen molar-refractivity contribution < 1.29 is 23.9 Å². The molecule has 0 spiro atoms. The minimum atomic E-state index is -0.748. The molecule has 1 aliphatic heterocycles. The Hall–Kier alpha value is -4.26. The number of hydrogen-bond acceptors (Lipinski definition) is 5. The van der Waals surface area contributed by atoms with Crippen molar-refractivity contribution in [2.24, 2.45) is 0 Å².